The van der Waals surface area contributed by atoms with Crippen LogP contribution in [-0.4, -0.2) is 53.9 Å². The normalized spacial score (nSPS) is 15.0. The molecule has 0 radical (unpaired) electrons. The third-order valence-electron chi connectivity index (χ3n) is 5.85. The Bertz CT molecular complexity index is 1030. The van der Waals surface area contributed by atoms with Crippen LogP contribution in [0, 0.1) is 6.92 Å². The van der Waals surface area contributed by atoms with Crippen LogP contribution in [0.3, 0.4) is 0 Å². The van der Waals surface area contributed by atoms with Gasteiger partial charge in [0.05, 0.1) is 17.0 Å². The summed E-state index contributed by atoms with van der Waals surface area (Å²) in [7, 11) is 2.17. The van der Waals surface area contributed by atoms with Crippen LogP contribution in [0.25, 0.3) is 11.3 Å². The van der Waals surface area contributed by atoms with Crippen LogP contribution in [0.1, 0.15) is 27.2 Å². The number of nitrogens with zero attached hydrogens (tertiary/aromatic N) is 3. The summed E-state index contributed by atoms with van der Waals surface area (Å²) in [6.45, 7) is 7.79. The number of likely N-dealkylation sites (N-methyl/N-ethyl adjacent to an activating group) is 1. The lowest BCUT2D eigenvalue weighted by atomic mass is 10.1. The molecule has 0 atom stereocenters. The van der Waals surface area contributed by atoms with Crippen molar-refractivity contribution in [3.8, 4) is 11.3 Å². The van der Waals surface area contributed by atoms with Crippen molar-refractivity contribution in [3.05, 3.63) is 89.1 Å². The minimum Gasteiger partial charge on any atom is -0.348 e. The van der Waals surface area contributed by atoms with Crippen LogP contribution < -0.4 is 5.32 Å². The number of carbonyl (C=O) groups is 1. The van der Waals surface area contributed by atoms with E-state index in [1.54, 1.807) is 0 Å². The van der Waals surface area contributed by atoms with E-state index in [0.717, 1.165) is 55.2 Å². The zero-order valence-corrected chi connectivity index (χ0v) is 18.3. The van der Waals surface area contributed by atoms with Crippen LogP contribution in [0.2, 0.25) is 0 Å². The van der Waals surface area contributed by atoms with Crippen molar-refractivity contribution in [2.45, 2.75) is 20.0 Å². The summed E-state index contributed by atoms with van der Waals surface area (Å²) in [4.78, 5) is 22.2. The highest BCUT2D eigenvalue weighted by Crippen LogP contribution is 2.19. The number of rotatable bonds is 6. The van der Waals surface area contributed by atoms with Gasteiger partial charge in [0, 0.05) is 44.8 Å². The van der Waals surface area contributed by atoms with Gasteiger partial charge < -0.3 is 10.2 Å². The Balaban J connectivity index is 1.36. The first kappa shape index (κ1) is 21.2. The molecular formula is C26H30N4O. The second-order valence-corrected chi connectivity index (χ2v) is 8.28. The molecule has 5 heteroatoms. The highest BCUT2D eigenvalue weighted by molar-refractivity contribution is 5.95. The Morgan fingerprint density at radius 3 is 2.42 bits per heavy atom. The highest BCUT2D eigenvalue weighted by Gasteiger charge is 2.14. The maximum absolute atomic E-state index is 12.8. The van der Waals surface area contributed by atoms with Crippen molar-refractivity contribution in [1.82, 2.24) is 20.1 Å². The third kappa shape index (κ3) is 5.57. The molecule has 3 aromatic rings. The lowest BCUT2D eigenvalue weighted by molar-refractivity contribution is 0.0950. The maximum atomic E-state index is 12.8. The number of benzene rings is 2. The van der Waals surface area contributed by atoms with Gasteiger partial charge in [-0.2, -0.15) is 0 Å². The molecule has 4 rings (SSSR count). The fraction of sp³-hybridized carbons (Fsp3) is 0.308. The molecule has 0 saturated carbocycles. The molecule has 1 amide bonds. The number of nitrogens with one attached hydrogen (secondary N) is 1. The van der Waals surface area contributed by atoms with Crippen LogP contribution in [0.5, 0.6) is 0 Å². The van der Waals surface area contributed by atoms with E-state index in [1.165, 1.54) is 5.56 Å². The number of pyridine rings is 1. The monoisotopic (exact) mass is 414 g/mol. The van der Waals surface area contributed by atoms with Crippen molar-refractivity contribution in [2.75, 3.05) is 33.2 Å². The van der Waals surface area contributed by atoms with Crippen LogP contribution in [-0.2, 0) is 13.1 Å². The smallest absolute Gasteiger partial charge is 0.253 e. The minimum absolute atomic E-state index is 0.0888. The second-order valence-electron chi connectivity index (χ2n) is 8.28. The fourth-order valence-electron chi connectivity index (χ4n) is 3.95. The molecule has 1 saturated heterocycles. The zero-order chi connectivity index (χ0) is 21.6. The SMILES string of the molecule is Cc1nc(-c2ccccc2)ccc1C(=O)NCc1cccc(CN2CCN(C)CC2)c1. The quantitative estimate of drug-likeness (QED) is 0.668. The number of aromatic nitrogens is 1. The van der Waals surface area contributed by atoms with Gasteiger partial charge in [0.2, 0.25) is 0 Å². The zero-order valence-electron chi connectivity index (χ0n) is 18.3. The van der Waals surface area contributed by atoms with E-state index in [-0.39, 0.29) is 5.91 Å². The van der Waals surface area contributed by atoms with Gasteiger partial charge in [-0.15, -0.1) is 0 Å². The van der Waals surface area contributed by atoms with Gasteiger partial charge in [-0.3, -0.25) is 14.7 Å². The topological polar surface area (TPSA) is 48.5 Å². The lowest BCUT2D eigenvalue weighted by Crippen LogP contribution is -2.43. The standard InChI is InChI=1S/C26H30N4O/c1-20-24(11-12-25(28-20)23-9-4-3-5-10-23)26(31)27-18-21-7-6-8-22(17-21)19-30-15-13-29(2)14-16-30/h3-12,17H,13-16,18-19H2,1-2H3,(H,27,31). The molecule has 0 bridgehead atoms. The molecule has 2 aromatic carbocycles. The molecule has 0 spiro atoms. The average Bonchev–Trinajstić information content (AvgIpc) is 2.80. The number of aryl methyl sites for hydroxylation is 1. The van der Waals surface area contributed by atoms with E-state index >= 15 is 0 Å². The molecule has 1 aliphatic heterocycles. The first-order valence-corrected chi connectivity index (χ1v) is 10.9. The third-order valence-corrected chi connectivity index (χ3v) is 5.85. The van der Waals surface area contributed by atoms with Crippen LogP contribution in [0.4, 0.5) is 0 Å². The fourth-order valence-corrected chi connectivity index (χ4v) is 3.95. The van der Waals surface area contributed by atoms with Gasteiger partial charge in [-0.1, -0.05) is 54.6 Å². The Labute approximate surface area is 184 Å². The van der Waals surface area contributed by atoms with Crippen LogP contribution >= 0.6 is 0 Å². The van der Waals surface area contributed by atoms with E-state index in [9.17, 15) is 4.79 Å². The molecule has 2 heterocycles. The molecule has 1 N–H and O–H groups in total. The number of amides is 1. The molecular weight excluding hydrogens is 384 g/mol. The first-order chi connectivity index (χ1) is 15.1. The van der Waals surface area contributed by atoms with E-state index in [4.69, 9.17) is 0 Å². The van der Waals surface area contributed by atoms with Crippen molar-refractivity contribution in [1.29, 1.82) is 0 Å². The maximum Gasteiger partial charge on any atom is 0.253 e. The van der Waals surface area contributed by atoms with E-state index in [2.05, 4.69) is 51.4 Å². The van der Waals surface area contributed by atoms with Gasteiger partial charge in [0.1, 0.15) is 0 Å². The number of hydrogen-bond acceptors (Lipinski definition) is 4. The number of carbonyl (C=O) groups excluding carboxylic acids is 1. The number of piperazine rings is 1. The van der Waals surface area contributed by atoms with Gasteiger partial charge >= 0.3 is 0 Å². The molecule has 0 aliphatic carbocycles. The largest absolute Gasteiger partial charge is 0.348 e. The predicted octanol–water partition coefficient (Wildman–Crippen LogP) is 3.73. The van der Waals surface area contributed by atoms with Crippen molar-refractivity contribution in [2.24, 2.45) is 0 Å². The Morgan fingerprint density at radius 1 is 0.935 bits per heavy atom. The average molecular weight is 415 g/mol. The molecule has 1 aromatic heterocycles. The summed E-state index contributed by atoms with van der Waals surface area (Å²) in [6.07, 6.45) is 0. The molecule has 0 unspecified atom stereocenters. The van der Waals surface area contributed by atoms with Gasteiger partial charge in [-0.05, 0) is 37.2 Å². The molecule has 160 valence electrons. The summed E-state index contributed by atoms with van der Waals surface area (Å²) in [6, 6.07) is 22.3. The number of hydrogen-bond donors (Lipinski definition) is 1. The van der Waals surface area contributed by atoms with Crippen molar-refractivity contribution >= 4 is 5.91 Å². The Kier molecular flexibility index (Phi) is 6.75. The van der Waals surface area contributed by atoms with Crippen molar-refractivity contribution in [3.63, 3.8) is 0 Å². The summed E-state index contributed by atoms with van der Waals surface area (Å²) >= 11 is 0. The summed E-state index contributed by atoms with van der Waals surface area (Å²) < 4.78 is 0. The van der Waals surface area contributed by atoms with E-state index in [0.29, 0.717) is 12.1 Å². The van der Waals surface area contributed by atoms with E-state index < -0.39 is 0 Å². The first-order valence-electron chi connectivity index (χ1n) is 10.9. The molecule has 1 aliphatic rings. The summed E-state index contributed by atoms with van der Waals surface area (Å²) in [5, 5.41) is 3.05. The highest BCUT2D eigenvalue weighted by atomic mass is 16.1. The minimum atomic E-state index is -0.0888. The van der Waals surface area contributed by atoms with Gasteiger partial charge in [-0.25, -0.2) is 0 Å². The molecule has 31 heavy (non-hydrogen) atoms. The predicted molar refractivity (Wildman–Crippen MR) is 125 cm³/mol. The lowest BCUT2D eigenvalue weighted by Gasteiger charge is -2.32. The van der Waals surface area contributed by atoms with Crippen molar-refractivity contribution < 1.29 is 4.79 Å². The van der Waals surface area contributed by atoms with E-state index in [1.807, 2.05) is 49.4 Å². The summed E-state index contributed by atoms with van der Waals surface area (Å²) in [5.41, 5.74) is 5.70. The van der Waals surface area contributed by atoms with Gasteiger partial charge in [0.25, 0.3) is 5.91 Å². The Morgan fingerprint density at radius 2 is 1.68 bits per heavy atom. The second kappa shape index (κ2) is 9.86. The van der Waals surface area contributed by atoms with Crippen LogP contribution in [0.15, 0.2) is 66.7 Å². The molecule has 1 fully saturated rings. The van der Waals surface area contributed by atoms with Gasteiger partial charge in [0.15, 0.2) is 0 Å². The Hall–Kier alpha value is -3.02. The molecule has 5 nitrogen and oxygen atoms in total. The summed E-state index contributed by atoms with van der Waals surface area (Å²) in [5.74, 6) is -0.0888.